The van der Waals surface area contributed by atoms with Crippen LogP contribution in [0.15, 0.2) is 77.0 Å². The normalized spacial score (nSPS) is 16.6. The molecule has 29 heavy (non-hydrogen) atoms. The van der Waals surface area contributed by atoms with Crippen LogP contribution in [0.1, 0.15) is 24.1 Å². The number of ether oxygens (including phenoxy) is 1. The topological polar surface area (TPSA) is 91.8 Å². The fourth-order valence-corrected chi connectivity index (χ4v) is 2.96. The second kappa shape index (κ2) is 9.36. The Hall–Kier alpha value is -3.87. The van der Waals surface area contributed by atoms with Crippen molar-refractivity contribution >= 4 is 24.2 Å². The summed E-state index contributed by atoms with van der Waals surface area (Å²) in [6, 6.07) is 16.0. The number of allylic oxidation sites excluding steroid dienone is 2. The molecule has 0 saturated heterocycles. The van der Waals surface area contributed by atoms with E-state index in [1.807, 2.05) is 48.5 Å². The highest BCUT2D eigenvalue weighted by atomic mass is 16.5. The summed E-state index contributed by atoms with van der Waals surface area (Å²) < 4.78 is 5.16. The van der Waals surface area contributed by atoms with Gasteiger partial charge in [0.05, 0.1) is 18.7 Å². The maximum Gasteiger partial charge on any atom is 0.319 e. The van der Waals surface area contributed by atoms with Crippen molar-refractivity contribution in [1.82, 2.24) is 16.1 Å². The summed E-state index contributed by atoms with van der Waals surface area (Å²) in [5.41, 5.74) is 5.17. The molecule has 3 rings (SSSR count). The molecule has 148 valence electrons. The lowest BCUT2D eigenvalue weighted by Crippen LogP contribution is -2.46. The SMILES string of the molecule is COc1ccc(C2NC(=O)NC(C)=C2C(=O)NN=CC=Cc2ccccc2)cc1. The van der Waals surface area contributed by atoms with Crippen molar-refractivity contribution in [3.05, 3.63) is 83.1 Å². The minimum absolute atomic E-state index is 0.367. The summed E-state index contributed by atoms with van der Waals surface area (Å²) in [5.74, 6) is 0.288. The number of benzene rings is 2. The minimum Gasteiger partial charge on any atom is -0.497 e. The van der Waals surface area contributed by atoms with Crippen LogP contribution < -0.4 is 20.8 Å². The molecular weight excluding hydrogens is 368 g/mol. The Balaban J connectivity index is 1.73. The molecule has 0 spiro atoms. The van der Waals surface area contributed by atoms with Crippen molar-refractivity contribution < 1.29 is 14.3 Å². The van der Waals surface area contributed by atoms with Crippen molar-refractivity contribution in [3.8, 4) is 5.75 Å². The highest BCUT2D eigenvalue weighted by Crippen LogP contribution is 2.28. The first-order chi connectivity index (χ1) is 14.1. The van der Waals surface area contributed by atoms with Gasteiger partial charge < -0.3 is 15.4 Å². The summed E-state index contributed by atoms with van der Waals surface area (Å²) in [6.07, 6.45) is 5.11. The molecule has 1 aliphatic rings. The van der Waals surface area contributed by atoms with E-state index in [1.165, 1.54) is 6.21 Å². The first-order valence-electron chi connectivity index (χ1n) is 9.06. The lowest BCUT2D eigenvalue weighted by Gasteiger charge is -2.28. The summed E-state index contributed by atoms with van der Waals surface area (Å²) in [5, 5.41) is 9.38. The van der Waals surface area contributed by atoms with Gasteiger partial charge in [-0.3, -0.25) is 4.79 Å². The number of amides is 3. The maximum atomic E-state index is 12.7. The average molecular weight is 390 g/mol. The highest BCUT2D eigenvalue weighted by Gasteiger charge is 2.31. The molecule has 1 atom stereocenters. The van der Waals surface area contributed by atoms with Crippen LogP contribution in [0.5, 0.6) is 5.75 Å². The van der Waals surface area contributed by atoms with Crippen molar-refractivity contribution in [3.63, 3.8) is 0 Å². The molecule has 2 aromatic carbocycles. The number of hydrogen-bond acceptors (Lipinski definition) is 4. The number of urea groups is 1. The molecule has 7 nitrogen and oxygen atoms in total. The summed E-state index contributed by atoms with van der Waals surface area (Å²) in [6.45, 7) is 1.68. The van der Waals surface area contributed by atoms with Gasteiger partial charge in [0, 0.05) is 11.9 Å². The molecule has 0 radical (unpaired) electrons. The Morgan fingerprint density at radius 3 is 2.55 bits per heavy atom. The number of nitrogens with zero attached hydrogens (tertiary/aromatic N) is 1. The van der Waals surface area contributed by atoms with Crippen LogP contribution in [0, 0.1) is 0 Å². The molecule has 7 heteroatoms. The molecule has 3 N–H and O–H groups in total. The maximum absolute atomic E-state index is 12.7. The molecule has 0 fully saturated rings. The second-order valence-corrected chi connectivity index (χ2v) is 6.33. The van der Waals surface area contributed by atoms with E-state index in [0.29, 0.717) is 17.0 Å². The van der Waals surface area contributed by atoms with Crippen molar-refractivity contribution in [2.75, 3.05) is 7.11 Å². The van der Waals surface area contributed by atoms with E-state index in [4.69, 9.17) is 4.74 Å². The molecular formula is C22H22N4O3. The van der Waals surface area contributed by atoms with Gasteiger partial charge in [-0.2, -0.15) is 5.10 Å². The zero-order valence-electron chi connectivity index (χ0n) is 16.2. The Labute approximate surface area is 169 Å². The molecule has 0 saturated carbocycles. The van der Waals surface area contributed by atoms with Crippen LogP contribution in [0.4, 0.5) is 4.79 Å². The Morgan fingerprint density at radius 2 is 1.86 bits per heavy atom. The molecule has 3 amide bonds. The standard InChI is InChI=1S/C22H22N4O3/c1-15-19(21(27)26-23-14-6-9-16-7-4-3-5-8-16)20(25-22(28)24-15)17-10-12-18(29-2)13-11-17/h3-14,20H,1-2H3,(H,26,27)(H2,24,25,28). The van der Waals surface area contributed by atoms with Crippen LogP contribution in [-0.4, -0.2) is 25.3 Å². The lowest BCUT2D eigenvalue weighted by atomic mass is 9.95. The van der Waals surface area contributed by atoms with Crippen LogP contribution in [-0.2, 0) is 4.79 Å². The predicted molar refractivity (Wildman–Crippen MR) is 112 cm³/mol. The number of rotatable bonds is 6. The van der Waals surface area contributed by atoms with Gasteiger partial charge in [0.2, 0.25) is 0 Å². The van der Waals surface area contributed by atoms with E-state index in [2.05, 4.69) is 21.2 Å². The van der Waals surface area contributed by atoms with E-state index in [-0.39, 0.29) is 6.03 Å². The van der Waals surface area contributed by atoms with Crippen molar-refractivity contribution in [2.24, 2.45) is 5.10 Å². The third-order valence-corrected chi connectivity index (χ3v) is 4.38. The monoisotopic (exact) mass is 390 g/mol. The number of nitrogens with one attached hydrogen (secondary N) is 3. The second-order valence-electron chi connectivity index (χ2n) is 6.33. The van der Waals surface area contributed by atoms with Crippen LogP contribution in [0.3, 0.4) is 0 Å². The third-order valence-electron chi connectivity index (χ3n) is 4.38. The molecule has 0 bridgehead atoms. The highest BCUT2D eigenvalue weighted by molar-refractivity contribution is 5.98. The largest absolute Gasteiger partial charge is 0.497 e. The van der Waals surface area contributed by atoms with Gasteiger partial charge in [-0.15, -0.1) is 0 Å². The number of hydrazone groups is 1. The zero-order valence-corrected chi connectivity index (χ0v) is 16.2. The summed E-state index contributed by atoms with van der Waals surface area (Å²) in [4.78, 5) is 24.7. The Kier molecular flexibility index (Phi) is 6.42. The van der Waals surface area contributed by atoms with Gasteiger partial charge in [-0.1, -0.05) is 48.5 Å². The zero-order chi connectivity index (χ0) is 20.6. The molecule has 0 aromatic heterocycles. The van der Waals surface area contributed by atoms with Crippen molar-refractivity contribution in [2.45, 2.75) is 13.0 Å². The van der Waals surface area contributed by atoms with Crippen molar-refractivity contribution in [1.29, 1.82) is 0 Å². The molecule has 2 aromatic rings. The van der Waals surface area contributed by atoms with Crippen LogP contribution in [0.2, 0.25) is 0 Å². The molecule has 0 aliphatic carbocycles. The van der Waals surface area contributed by atoms with Gasteiger partial charge in [0.25, 0.3) is 5.91 Å². The van der Waals surface area contributed by atoms with Gasteiger partial charge in [-0.25, -0.2) is 10.2 Å². The van der Waals surface area contributed by atoms with Gasteiger partial charge in [-0.05, 0) is 36.3 Å². The summed E-state index contributed by atoms with van der Waals surface area (Å²) >= 11 is 0. The van der Waals surface area contributed by atoms with Crippen LogP contribution >= 0.6 is 0 Å². The quantitative estimate of drug-likeness (QED) is 0.523. The summed E-state index contributed by atoms with van der Waals surface area (Å²) in [7, 11) is 1.58. The lowest BCUT2D eigenvalue weighted by molar-refractivity contribution is -0.117. The fourth-order valence-electron chi connectivity index (χ4n) is 2.96. The number of carbonyl (C=O) groups is 2. The smallest absolute Gasteiger partial charge is 0.319 e. The van der Waals surface area contributed by atoms with E-state index in [9.17, 15) is 9.59 Å². The van der Waals surface area contributed by atoms with E-state index < -0.39 is 11.9 Å². The van der Waals surface area contributed by atoms with Gasteiger partial charge in [0.15, 0.2) is 0 Å². The van der Waals surface area contributed by atoms with Gasteiger partial charge >= 0.3 is 6.03 Å². The molecule has 1 unspecified atom stereocenters. The Morgan fingerprint density at radius 1 is 1.14 bits per heavy atom. The third kappa shape index (κ3) is 5.10. The molecule has 1 aliphatic heterocycles. The Bertz CT molecular complexity index is 963. The molecule has 1 heterocycles. The number of carbonyl (C=O) groups excluding carboxylic acids is 2. The predicted octanol–water partition coefficient (Wildman–Crippen LogP) is 3.14. The fraction of sp³-hybridized carbons (Fsp3) is 0.136. The van der Waals surface area contributed by atoms with E-state index in [1.54, 1.807) is 32.2 Å². The average Bonchev–Trinajstić information content (AvgIpc) is 2.73. The minimum atomic E-state index is -0.593. The first-order valence-corrected chi connectivity index (χ1v) is 9.06. The first kappa shape index (κ1) is 19.9. The number of methoxy groups -OCH3 is 1. The van der Waals surface area contributed by atoms with E-state index in [0.717, 1.165) is 11.1 Å². The van der Waals surface area contributed by atoms with Crippen LogP contribution in [0.25, 0.3) is 6.08 Å². The number of hydrogen-bond donors (Lipinski definition) is 3. The van der Waals surface area contributed by atoms with Gasteiger partial charge in [0.1, 0.15) is 5.75 Å². The van der Waals surface area contributed by atoms with E-state index >= 15 is 0 Å².